The third-order valence-corrected chi connectivity index (χ3v) is 2.14. The van der Waals surface area contributed by atoms with Crippen LogP contribution in [-0.4, -0.2) is 31.2 Å². The van der Waals surface area contributed by atoms with Gasteiger partial charge < -0.3 is 0 Å². The molecule has 1 atom stereocenters. The van der Waals surface area contributed by atoms with E-state index in [9.17, 15) is 4.39 Å². The zero-order valence-corrected chi connectivity index (χ0v) is 7.47. The molecule has 0 amide bonds. The van der Waals surface area contributed by atoms with E-state index in [0.29, 0.717) is 12.5 Å². The molecule has 0 aromatic carbocycles. The number of hydrogen-bond acceptors (Lipinski definition) is 1. The predicted molar refractivity (Wildman–Crippen MR) is 45.3 cm³/mol. The van der Waals surface area contributed by atoms with Crippen molar-refractivity contribution < 1.29 is 4.39 Å². The van der Waals surface area contributed by atoms with Crippen molar-refractivity contribution in [1.29, 1.82) is 0 Å². The average Bonchev–Trinajstić information content (AvgIpc) is 1.85. The Kier molecular flexibility index (Phi) is 2.66. The third kappa shape index (κ3) is 2.03. The Balaban J connectivity index is 2.65. The predicted octanol–water partition coefficient (Wildman–Crippen LogP) is 1.85. The molecule has 1 rings (SSSR count). The molecule has 0 N–H and O–H groups in total. The highest BCUT2D eigenvalue weighted by molar-refractivity contribution is 5.15. The van der Waals surface area contributed by atoms with Gasteiger partial charge in [-0.2, -0.15) is 0 Å². The summed E-state index contributed by atoms with van der Waals surface area (Å²) in [6.07, 6.45) is 1.27. The van der Waals surface area contributed by atoms with Crippen LogP contribution < -0.4 is 0 Å². The number of likely N-dealkylation sites (N-methyl/N-ethyl adjacent to an activating group) is 1. The molecule has 64 valence electrons. The van der Waals surface area contributed by atoms with Gasteiger partial charge in [0.2, 0.25) is 0 Å². The fourth-order valence-corrected chi connectivity index (χ4v) is 1.44. The van der Waals surface area contributed by atoms with Crippen molar-refractivity contribution in [3.8, 4) is 0 Å². The van der Waals surface area contributed by atoms with Crippen LogP contribution in [-0.2, 0) is 0 Å². The standard InChI is InChI=1S/C9H16FN/c1-7(2)8-4-5-11(3)6-9(8)10/h4,7,9H,5-6H2,1-3H3. The molecule has 1 aliphatic heterocycles. The van der Waals surface area contributed by atoms with E-state index >= 15 is 0 Å². The van der Waals surface area contributed by atoms with Crippen LogP contribution in [0.3, 0.4) is 0 Å². The molecule has 1 unspecified atom stereocenters. The molecular weight excluding hydrogens is 141 g/mol. The minimum absolute atomic E-state index is 0.360. The van der Waals surface area contributed by atoms with Crippen LogP contribution in [0.4, 0.5) is 4.39 Å². The summed E-state index contributed by atoms with van der Waals surface area (Å²) >= 11 is 0. The van der Waals surface area contributed by atoms with Gasteiger partial charge >= 0.3 is 0 Å². The average molecular weight is 157 g/mol. The molecule has 2 heteroatoms. The molecule has 0 fully saturated rings. The third-order valence-electron chi connectivity index (χ3n) is 2.14. The molecule has 1 aliphatic rings. The summed E-state index contributed by atoms with van der Waals surface area (Å²) < 4.78 is 13.2. The Labute approximate surface area is 67.9 Å². The van der Waals surface area contributed by atoms with Crippen LogP contribution in [0.2, 0.25) is 0 Å². The molecular formula is C9H16FN. The van der Waals surface area contributed by atoms with E-state index in [0.717, 1.165) is 12.1 Å². The molecule has 0 radical (unpaired) electrons. The van der Waals surface area contributed by atoms with Gasteiger partial charge in [-0.25, -0.2) is 4.39 Å². The Hall–Kier alpha value is -0.370. The van der Waals surface area contributed by atoms with Crippen molar-refractivity contribution in [3.63, 3.8) is 0 Å². The first kappa shape index (κ1) is 8.72. The summed E-state index contributed by atoms with van der Waals surface area (Å²) in [6.45, 7) is 5.55. The Bertz CT molecular complexity index is 163. The van der Waals surface area contributed by atoms with Crippen molar-refractivity contribution in [3.05, 3.63) is 11.6 Å². The highest BCUT2D eigenvalue weighted by atomic mass is 19.1. The van der Waals surface area contributed by atoms with Gasteiger partial charge in [0.15, 0.2) is 0 Å². The van der Waals surface area contributed by atoms with E-state index in [1.165, 1.54) is 0 Å². The van der Waals surface area contributed by atoms with E-state index in [1.54, 1.807) is 0 Å². The summed E-state index contributed by atoms with van der Waals surface area (Å²) in [5.74, 6) is 0.360. The highest BCUT2D eigenvalue weighted by Crippen LogP contribution is 2.20. The maximum absolute atomic E-state index is 13.2. The first-order chi connectivity index (χ1) is 5.11. The largest absolute Gasteiger partial charge is 0.299 e. The first-order valence-corrected chi connectivity index (χ1v) is 4.14. The normalized spacial score (nSPS) is 27.4. The van der Waals surface area contributed by atoms with Gasteiger partial charge in [-0.1, -0.05) is 19.9 Å². The molecule has 0 aromatic rings. The SMILES string of the molecule is CC(C)C1=CCN(C)CC1F. The lowest BCUT2D eigenvalue weighted by Crippen LogP contribution is -2.34. The van der Waals surface area contributed by atoms with Crippen molar-refractivity contribution in [2.24, 2.45) is 5.92 Å². The molecule has 1 nitrogen and oxygen atoms in total. The number of nitrogens with zero attached hydrogens (tertiary/aromatic N) is 1. The lowest BCUT2D eigenvalue weighted by atomic mass is 9.95. The lowest BCUT2D eigenvalue weighted by molar-refractivity contribution is 0.233. The van der Waals surface area contributed by atoms with Crippen LogP contribution in [0, 0.1) is 5.92 Å². The van der Waals surface area contributed by atoms with Gasteiger partial charge in [0.25, 0.3) is 0 Å². The first-order valence-electron chi connectivity index (χ1n) is 4.14. The monoisotopic (exact) mass is 157 g/mol. The molecule has 0 saturated carbocycles. The summed E-state index contributed by atoms with van der Waals surface area (Å²) in [5, 5.41) is 0. The van der Waals surface area contributed by atoms with E-state index < -0.39 is 6.17 Å². The lowest BCUT2D eigenvalue weighted by Gasteiger charge is -2.27. The van der Waals surface area contributed by atoms with Crippen LogP contribution in [0.5, 0.6) is 0 Å². The summed E-state index contributed by atoms with van der Waals surface area (Å²) in [7, 11) is 1.94. The molecule has 0 bridgehead atoms. The summed E-state index contributed by atoms with van der Waals surface area (Å²) in [5.41, 5.74) is 0.975. The van der Waals surface area contributed by atoms with Crippen LogP contribution in [0.25, 0.3) is 0 Å². The maximum Gasteiger partial charge on any atom is 0.134 e. The quantitative estimate of drug-likeness (QED) is 0.525. The fraction of sp³-hybridized carbons (Fsp3) is 0.778. The number of alkyl halides is 1. The van der Waals surface area contributed by atoms with Crippen molar-refractivity contribution in [1.82, 2.24) is 4.90 Å². The number of halogens is 1. The highest BCUT2D eigenvalue weighted by Gasteiger charge is 2.21. The molecule has 0 aromatic heterocycles. The second-order valence-corrected chi connectivity index (χ2v) is 3.55. The minimum atomic E-state index is -0.742. The Morgan fingerprint density at radius 3 is 2.73 bits per heavy atom. The molecule has 1 heterocycles. The van der Waals surface area contributed by atoms with E-state index in [4.69, 9.17) is 0 Å². The zero-order valence-electron chi connectivity index (χ0n) is 7.47. The van der Waals surface area contributed by atoms with Crippen molar-refractivity contribution in [2.45, 2.75) is 20.0 Å². The number of hydrogen-bond donors (Lipinski definition) is 0. The smallest absolute Gasteiger partial charge is 0.134 e. The topological polar surface area (TPSA) is 3.24 Å². The van der Waals surface area contributed by atoms with Crippen molar-refractivity contribution in [2.75, 3.05) is 20.1 Å². The van der Waals surface area contributed by atoms with Gasteiger partial charge in [0, 0.05) is 13.1 Å². The van der Waals surface area contributed by atoms with Gasteiger partial charge in [0.1, 0.15) is 6.17 Å². The number of rotatable bonds is 1. The Morgan fingerprint density at radius 1 is 1.64 bits per heavy atom. The molecule has 11 heavy (non-hydrogen) atoms. The zero-order chi connectivity index (χ0) is 8.43. The fourth-order valence-electron chi connectivity index (χ4n) is 1.44. The second kappa shape index (κ2) is 3.35. The molecule has 0 spiro atoms. The van der Waals surface area contributed by atoms with Gasteiger partial charge in [-0.15, -0.1) is 0 Å². The van der Waals surface area contributed by atoms with E-state index in [-0.39, 0.29) is 0 Å². The minimum Gasteiger partial charge on any atom is -0.299 e. The maximum atomic E-state index is 13.2. The van der Waals surface area contributed by atoms with Gasteiger partial charge in [-0.3, -0.25) is 4.90 Å². The van der Waals surface area contributed by atoms with Crippen LogP contribution >= 0.6 is 0 Å². The van der Waals surface area contributed by atoms with Gasteiger partial charge in [0.05, 0.1) is 0 Å². The van der Waals surface area contributed by atoms with Crippen LogP contribution in [0.15, 0.2) is 11.6 Å². The van der Waals surface area contributed by atoms with Crippen molar-refractivity contribution >= 4 is 0 Å². The van der Waals surface area contributed by atoms with E-state index in [1.807, 2.05) is 31.9 Å². The van der Waals surface area contributed by atoms with E-state index in [2.05, 4.69) is 0 Å². The Morgan fingerprint density at radius 2 is 2.27 bits per heavy atom. The van der Waals surface area contributed by atoms with Gasteiger partial charge in [-0.05, 0) is 18.5 Å². The second-order valence-electron chi connectivity index (χ2n) is 3.55. The molecule has 0 saturated heterocycles. The van der Waals surface area contributed by atoms with Crippen LogP contribution in [0.1, 0.15) is 13.8 Å². The summed E-state index contributed by atoms with van der Waals surface area (Å²) in [6, 6.07) is 0. The molecule has 0 aliphatic carbocycles. The summed E-state index contributed by atoms with van der Waals surface area (Å²) in [4.78, 5) is 2.00.